The molecular weight excluding hydrogens is 333 g/mol. The quantitative estimate of drug-likeness (QED) is 0.846. The molecule has 0 atom stereocenters. The number of aryl methyl sites for hydroxylation is 1. The first kappa shape index (κ1) is 17.7. The third-order valence-electron chi connectivity index (χ3n) is 2.49. The fraction of sp³-hybridized carbons (Fsp3) is 0.0714. The van der Waals surface area contributed by atoms with Crippen molar-refractivity contribution in [3.8, 4) is 0 Å². The van der Waals surface area contributed by atoms with Crippen molar-refractivity contribution in [2.75, 3.05) is 0 Å². The Balaban J connectivity index is 0.000000211. The average Bonchev–Trinajstić information content (AvgIpc) is 2.39. The summed E-state index contributed by atoms with van der Waals surface area (Å²) < 4.78 is 21.7. The van der Waals surface area contributed by atoms with Crippen molar-refractivity contribution in [1.29, 1.82) is 0 Å². The van der Waals surface area contributed by atoms with Gasteiger partial charge < -0.3 is 0 Å². The van der Waals surface area contributed by atoms with Gasteiger partial charge >= 0.3 is 0 Å². The van der Waals surface area contributed by atoms with Crippen LogP contribution >= 0.6 is 23.2 Å². The molecule has 0 aliphatic heterocycles. The number of halogens is 2. The van der Waals surface area contributed by atoms with E-state index in [2.05, 4.69) is 0 Å². The van der Waals surface area contributed by atoms with Crippen molar-refractivity contribution in [1.82, 2.24) is 0 Å². The Hall–Kier alpha value is -1.40. The van der Waals surface area contributed by atoms with Crippen molar-refractivity contribution in [3.63, 3.8) is 0 Å². The lowest BCUT2D eigenvalue weighted by Crippen LogP contribution is -2.13. The number of benzene rings is 2. The summed E-state index contributed by atoms with van der Waals surface area (Å²) in [4.78, 5) is 10.4. The first-order valence-electron chi connectivity index (χ1n) is 5.74. The summed E-state index contributed by atoms with van der Waals surface area (Å²) in [7, 11) is -3.53. The maximum atomic E-state index is 10.8. The van der Waals surface area contributed by atoms with Crippen LogP contribution < -0.4 is 5.14 Å². The molecule has 7 heteroatoms. The van der Waals surface area contributed by atoms with Gasteiger partial charge in [-0.25, -0.2) is 13.6 Å². The third-order valence-corrected chi connectivity index (χ3v) is 4.12. The van der Waals surface area contributed by atoms with E-state index in [9.17, 15) is 13.2 Å². The van der Waals surface area contributed by atoms with Gasteiger partial charge in [0.2, 0.25) is 10.0 Å². The van der Waals surface area contributed by atoms with E-state index in [4.69, 9.17) is 28.3 Å². The predicted molar refractivity (Wildman–Crippen MR) is 84.4 cm³/mol. The number of sulfonamides is 1. The average molecular weight is 346 g/mol. The molecule has 0 amide bonds. The van der Waals surface area contributed by atoms with E-state index in [1.807, 2.05) is 0 Å². The van der Waals surface area contributed by atoms with Gasteiger partial charge in [0.15, 0.2) is 6.29 Å². The van der Waals surface area contributed by atoms with Crippen molar-refractivity contribution in [3.05, 3.63) is 63.6 Å². The van der Waals surface area contributed by atoms with Gasteiger partial charge in [0.1, 0.15) is 0 Å². The largest absolute Gasteiger partial charge is 0.298 e. The molecule has 21 heavy (non-hydrogen) atoms. The first-order chi connectivity index (χ1) is 9.75. The van der Waals surface area contributed by atoms with Gasteiger partial charge in [-0.05, 0) is 36.8 Å². The number of carbonyl (C=O) groups excluding carboxylic acids is 1. The molecule has 2 rings (SSSR count). The predicted octanol–water partition coefficient (Wildman–Crippen LogP) is 3.45. The topological polar surface area (TPSA) is 77.2 Å². The van der Waals surface area contributed by atoms with Gasteiger partial charge in [-0.1, -0.05) is 41.4 Å². The Morgan fingerprint density at radius 1 is 1.10 bits per heavy atom. The zero-order valence-electron chi connectivity index (χ0n) is 11.1. The molecule has 0 spiro atoms. The van der Waals surface area contributed by atoms with Crippen LogP contribution in [0.15, 0.2) is 47.4 Å². The van der Waals surface area contributed by atoms with Crippen LogP contribution in [0.5, 0.6) is 0 Å². The standard InChI is InChI=1S/C7H4Cl2O.C7H9NO2S/c8-6-2-1-5(4-10)7(9)3-6;1-6-4-2-3-5-7(6)11(8,9)10/h1-4H;2-5H,1H3,(H2,8,9,10). The molecule has 0 heterocycles. The van der Waals surface area contributed by atoms with Crippen LogP contribution in [0.25, 0.3) is 0 Å². The van der Waals surface area contributed by atoms with Crippen LogP contribution in [0.3, 0.4) is 0 Å². The minimum Gasteiger partial charge on any atom is -0.298 e. The lowest BCUT2D eigenvalue weighted by Gasteiger charge is -2.00. The summed E-state index contributed by atoms with van der Waals surface area (Å²) in [6.07, 6.45) is 0.693. The molecule has 2 aromatic carbocycles. The third kappa shape index (κ3) is 5.47. The number of aldehydes is 1. The minimum absolute atomic E-state index is 0.194. The number of rotatable bonds is 2. The number of primary sulfonamides is 1. The van der Waals surface area contributed by atoms with E-state index in [1.54, 1.807) is 37.3 Å². The smallest absolute Gasteiger partial charge is 0.238 e. The second kappa shape index (κ2) is 7.56. The monoisotopic (exact) mass is 345 g/mol. The van der Waals surface area contributed by atoms with E-state index in [0.29, 0.717) is 27.5 Å². The highest BCUT2D eigenvalue weighted by Gasteiger charge is 2.08. The Morgan fingerprint density at radius 3 is 2.14 bits per heavy atom. The van der Waals surface area contributed by atoms with E-state index < -0.39 is 10.0 Å². The Kier molecular flexibility index (Phi) is 6.36. The van der Waals surface area contributed by atoms with Gasteiger partial charge in [0.05, 0.1) is 9.92 Å². The number of carbonyl (C=O) groups is 1. The normalized spacial score (nSPS) is 10.5. The first-order valence-corrected chi connectivity index (χ1v) is 8.04. The summed E-state index contributed by atoms with van der Waals surface area (Å²) in [6.45, 7) is 1.71. The summed E-state index contributed by atoms with van der Waals surface area (Å²) in [5, 5.41) is 5.86. The number of hydrogen-bond donors (Lipinski definition) is 1. The molecule has 0 radical (unpaired) electrons. The SMILES string of the molecule is Cc1ccccc1S(N)(=O)=O.O=Cc1ccc(Cl)cc1Cl. The molecule has 0 aromatic heterocycles. The number of hydrogen-bond acceptors (Lipinski definition) is 3. The summed E-state index contributed by atoms with van der Waals surface area (Å²) in [5.41, 5.74) is 1.14. The molecule has 0 aliphatic rings. The molecule has 0 aliphatic carbocycles. The van der Waals surface area contributed by atoms with Crippen LogP contribution in [-0.4, -0.2) is 14.7 Å². The second-order valence-electron chi connectivity index (χ2n) is 4.09. The number of nitrogens with two attached hydrogens (primary N) is 1. The van der Waals surface area contributed by atoms with Crippen molar-refractivity contribution < 1.29 is 13.2 Å². The van der Waals surface area contributed by atoms with Gasteiger partial charge in [-0.15, -0.1) is 0 Å². The van der Waals surface area contributed by atoms with Crippen LogP contribution in [0.1, 0.15) is 15.9 Å². The van der Waals surface area contributed by atoms with Gasteiger partial charge in [0.25, 0.3) is 0 Å². The zero-order valence-corrected chi connectivity index (χ0v) is 13.4. The van der Waals surface area contributed by atoms with Gasteiger partial charge in [-0.3, -0.25) is 4.79 Å². The van der Waals surface area contributed by atoms with E-state index in [-0.39, 0.29) is 4.90 Å². The molecule has 0 fully saturated rings. The maximum absolute atomic E-state index is 10.8. The molecule has 0 saturated carbocycles. The van der Waals surface area contributed by atoms with Crippen molar-refractivity contribution in [2.24, 2.45) is 5.14 Å². The molecule has 0 unspecified atom stereocenters. The second-order valence-corrected chi connectivity index (χ2v) is 6.47. The highest BCUT2D eigenvalue weighted by Crippen LogP contribution is 2.18. The highest BCUT2D eigenvalue weighted by molar-refractivity contribution is 7.89. The van der Waals surface area contributed by atoms with Gasteiger partial charge in [-0.2, -0.15) is 0 Å². The molecule has 0 bridgehead atoms. The summed E-state index contributed by atoms with van der Waals surface area (Å²) in [5.74, 6) is 0. The molecular formula is C14H13Cl2NO3S. The Bertz CT molecular complexity index is 746. The van der Waals surface area contributed by atoms with Crippen molar-refractivity contribution in [2.45, 2.75) is 11.8 Å². The van der Waals surface area contributed by atoms with Crippen LogP contribution in [0.4, 0.5) is 0 Å². The van der Waals surface area contributed by atoms with Gasteiger partial charge in [0, 0.05) is 10.6 Å². The summed E-state index contributed by atoms with van der Waals surface area (Å²) >= 11 is 11.2. The summed E-state index contributed by atoms with van der Waals surface area (Å²) in [6, 6.07) is 11.4. The highest BCUT2D eigenvalue weighted by atomic mass is 35.5. The molecule has 112 valence electrons. The fourth-order valence-electron chi connectivity index (χ4n) is 1.47. The zero-order chi connectivity index (χ0) is 16.0. The van der Waals surface area contributed by atoms with Crippen molar-refractivity contribution >= 4 is 39.5 Å². The van der Waals surface area contributed by atoms with E-state index in [1.165, 1.54) is 12.1 Å². The van der Waals surface area contributed by atoms with E-state index in [0.717, 1.165) is 0 Å². The van der Waals surface area contributed by atoms with E-state index >= 15 is 0 Å². The minimum atomic E-state index is -3.53. The lowest BCUT2D eigenvalue weighted by atomic mass is 10.2. The molecule has 2 aromatic rings. The Morgan fingerprint density at radius 2 is 1.71 bits per heavy atom. The fourth-order valence-corrected chi connectivity index (χ4v) is 2.71. The molecule has 2 N–H and O–H groups in total. The van der Waals surface area contributed by atoms with Crippen LogP contribution in [-0.2, 0) is 10.0 Å². The van der Waals surface area contributed by atoms with Crippen LogP contribution in [0.2, 0.25) is 10.0 Å². The molecule has 4 nitrogen and oxygen atoms in total. The molecule has 0 saturated heterocycles. The maximum Gasteiger partial charge on any atom is 0.238 e. The van der Waals surface area contributed by atoms with Crippen LogP contribution in [0, 0.1) is 6.92 Å². The Labute approximate surface area is 133 Å². The lowest BCUT2D eigenvalue weighted by molar-refractivity contribution is 0.112.